The number of fused-ring (bicyclic) bond motifs is 1. The molecule has 0 saturated heterocycles. The van der Waals surface area contributed by atoms with E-state index in [9.17, 15) is 9.59 Å². The number of nitrogens with one attached hydrogen (secondary N) is 1. The third-order valence-electron chi connectivity index (χ3n) is 4.75. The molecule has 2 aromatic rings. The number of allylic oxidation sites excluding steroid dienone is 2. The minimum Gasteiger partial charge on any atom is -0.451 e. The highest BCUT2D eigenvalue weighted by Gasteiger charge is 2.35. The number of esters is 1. The van der Waals surface area contributed by atoms with Crippen LogP contribution in [0.5, 0.6) is 0 Å². The molecule has 6 nitrogen and oxygen atoms in total. The maximum Gasteiger partial charge on any atom is 0.359 e. The lowest BCUT2D eigenvalue weighted by Gasteiger charge is -2.27. The zero-order valence-corrected chi connectivity index (χ0v) is 14.0. The summed E-state index contributed by atoms with van der Waals surface area (Å²) >= 11 is 0. The van der Waals surface area contributed by atoms with E-state index in [0.29, 0.717) is 5.39 Å². The molecular weight excluding hydrogens is 318 g/mol. The highest BCUT2D eigenvalue weighted by atomic mass is 16.5. The summed E-state index contributed by atoms with van der Waals surface area (Å²) in [5.41, 5.74) is 2.09. The number of rotatable bonds is 5. The average Bonchev–Trinajstić information content (AvgIpc) is 3.38. The minimum absolute atomic E-state index is 0.135. The van der Waals surface area contributed by atoms with E-state index in [1.807, 2.05) is 23.1 Å². The van der Waals surface area contributed by atoms with Crippen molar-refractivity contribution in [2.75, 3.05) is 6.61 Å². The first kappa shape index (κ1) is 15.9. The van der Waals surface area contributed by atoms with Gasteiger partial charge in [0.05, 0.1) is 5.52 Å². The van der Waals surface area contributed by atoms with Gasteiger partial charge in [0.25, 0.3) is 5.91 Å². The molecule has 1 amide bonds. The van der Waals surface area contributed by atoms with Crippen LogP contribution in [0.15, 0.2) is 36.0 Å². The van der Waals surface area contributed by atoms with Gasteiger partial charge in [-0.1, -0.05) is 24.3 Å². The number of hydrogen-bond acceptors (Lipinski definition) is 4. The fraction of sp³-hybridized carbons (Fsp3) is 0.421. The van der Waals surface area contributed by atoms with Crippen LogP contribution >= 0.6 is 0 Å². The minimum atomic E-state index is -0.570. The summed E-state index contributed by atoms with van der Waals surface area (Å²) in [5.74, 6) is -0.706. The summed E-state index contributed by atoms with van der Waals surface area (Å²) in [7, 11) is 0. The van der Waals surface area contributed by atoms with E-state index in [1.165, 1.54) is 6.42 Å². The SMILES string of the molecule is O=C(OCC(=O)N(C1=CCCCC1)C1CC1)c1n[nH]c2ccccc12. The number of carbonyl (C=O) groups is 2. The Bertz CT molecular complexity index is 835. The third kappa shape index (κ3) is 3.29. The van der Waals surface area contributed by atoms with E-state index in [2.05, 4.69) is 16.3 Å². The van der Waals surface area contributed by atoms with Crippen molar-refractivity contribution in [3.8, 4) is 0 Å². The van der Waals surface area contributed by atoms with Crippen molar-refractivity contribution in [3.63, 3.8) is 0 Å². The molecule has 0 spiro atoms. The normalized spacial score (nSPS) is 17.2. The molecule has 0 atom stereocenters. The lowest BCUT2D eigenvalue weighted by Crippen LogP contribution is -2.36. The number of ether oxygens (including phenoxy) is 1. The zero-order chi connectivity index (χ0) is 17.2. The number of aromatic nitrogens is 2. The van der Waals surface area contributed by atoms with Crippen molar-refractivity contribution in [2.45, 2.75) is 44.6 Å². The molecule has 1 aromatic carbocycles. The van der Waals surface area contributed by atoms with Gasteiger partial charge in [-0.2, -0.15) is 5.10 Å². The van der Waals surface area contributed by atoms with E-state index in [1.54, 1.807) is 6.07 Å². The Kier molecular flexibility index (Phi) is 4.26. The summed E-state index contributed by atoms with van der Waals surface area (Å²) in [5, 5.41) is 7.53. The Balaban J connectivity index is 1.43. The molecule has 0 radical (unpaired) electrons. The maximum absolute atomic E-state index is 12.6. The van der Waals surface area contributed by atoms with Crippen molar-refractivity contribution in [1.82, 2.24) is 15.1 Å². The summed E-state index contributed by atoms with van der Waals surface area (Å²) in [6, 6.07) is 7.63. The quantitative estimate of drug-likeness (QED) is 0.849. The first-order valence-corrected chi connectivity index (χ1v) is 8.85. The van der Waals surface area contributed by atoms with Crippen LogP contribution < -0.4 is 0 Å². The van der Waals surface area contributed by atoms with Crippen LogP contribution in [-0.2, 0) is 9.53 Å². The predicted octanol–water partition coefficient (Wildman–Crippen LogP) is 3.17. The molecule has 6 heteroatoms. The number of aromatic amines is 1. The first-order chi connectivity index (χ1) is 12.2. The lowest BCUT2D eigenvalue weighted by molar-refractivity contribution is -0.133. The molecular formula is C19H21N3O3. The van der Waals surface area contributed by atoms with E-state index in [-0.39, 0.29) is 24.2 Å². The van der Waals surface area contributed by atoms with Crippen molar-refractivity contribution < 1.29 is 14.3 Å². The fourth-order valence-electron chi connectivity index (χ4n) is 3.36. The molecule has 4 rings (SSSR count). The van der Waals surface area contributed by atoms with Crippen molar-refractivity contribution in [3.05, 3.63) is 41.7 Å². The molecule has 1 N–H and O–H groups in total. The van der Waals surface area contributed by atoms with Gasteiger partial charge >= 0.3 is 5.97 Å². The highest BCUT2D eigenvalue weighted by Crippen LogP contribution is 2.33. The number of hydrogen-bond donors (Lipinski definition) is 1. The summed E-state index contributed by atoms with van der Waals surface area (Å²) < 4.78 is 5.27. The number of amides is 1. The van der Waals surface area contributed by atoms with Crippen LogP contribution in [0.1, 0.15) is 49.0 Å². The van der Waals surface area contributed by atoms with Crippen LogP contribution in [0.25, 0.3) is 10.9 Å². The van der Waals surface area contributed by atoms with Crippen LogP contribution in [0.2, 0.25) is 0 Å². The molecule has 2 aliphatic carbocycles. The standard InChI is InChI=1S/C19H21N3O3/c23-17(22(14-10-11-14)13-6-2-1-3-7-13)12-25-19(24)18-15-8-4-5-9-16(15)20-21-18/h4-6,8-9,14H,1-3,7,10-12H2,(H,20,21). The van der Waals surface area contributed by atoms with Crippen LogP contribution in [0.3, 0.4) is 0 Å². The summed E-state index contributed by atoms with van der Waals surface area (Å²) in [6.45, 7) is -0.242. The van der Waals surface area contributed by atoms with Gasteiger partial charge in [-0.15, -0.1) is 0 Å². The Morgan fingerprint density at radius 2 is 2.08 bits per heavy atom. The van der Waals surface area contributed by atoms with Crippen molar-refractivity contribution >= 4 is 22.8 Å². The van der Waals surface area contributed by atoms with E-state index < -0.39 is 5.97 Å². The highest BCUT2D eigenvalue weighted by molar-refractivity contribution is 6.02. The first-order valence-electron chi connectivity index (χ1n) is 8.85. The average molecular weight is 339 g/mol. The van der Waals surface area contributed by atoms with E-state index >= 15 is 0 Å². The summed E-state index contributed by atoms with van der Waals surface area (Å²) in [4.78, 5) is 26.8. The lowest BCUT2D eigenvalue weighted by atomic mass is 10.0. The molecule has 0 unspecified atom stereocenters. The number of benzene rings is 1. The Morgan fingerprint density at radius 1 is 1.24 bits per heavy atom. The monoisotopic (exact) mass is 339 g/mol. The number of nitrogens with zero attached hydrogens (tertiary/aromatic N) is 2. The van der Waals surface area contributed by atoms with E-state index in [0.717, 1.165) is 43.3 Å². The van der Waals surface area contributed by atoms with Gasteiger partial charge < -0.3 is 9.64 Å². The Morgan fingerprint density at radius 3 is 2.84 bits per heavy atom. The number of carbonyl (C=O) groups excluding carboxylic acids is 2. The summed E-state index contributed by atoms with van der Waals surface area (Å²) in [6.07, 6.45) is 8.45. The van der Waals surface area contributed by atoms with E-state index in [4.69, 9.17) is 4.74 Å². The largest absolute Gasteiger partial charge is 0.451 e. The van der Waals surface area contributed by atoms with Gasteiger partial charge in [-0.3, -0.25) is 9.89 Å². The van der Waals surface area contributed by atoms with Crippen molar-refractivity contribution in [1.29, 1.82) is 0 Å². The topological polar surface area (TPSA) is 75.3 Å². The zero-order valence-electron chi connectivity index (χ0n) is 14.0. The number of para-hydroxylation sites is 1. The molecule has 1 aromatic heterocycles. The second-order valence-corrected chi connectivity index (χ2v) is 6.63. The van der Waals surface area contributed by atoms with Crippen LogP contribution in [0.4, 0.5) is 0 Å². The fourth-order valence-corrected chi connectivity index (χ4v) is 3.36. The maximum atomic E-state index is 12.6. The van der Waals surface area contributed by atoms with Crippen LogP contribution in [-0.4, -0.2) is 39.6 Å². The van der Waals surface area contributed by atoms with Gasteiger partial charge in [0, 0.05) is 17.1 Å². The van der Waals surface area contributed by atoms with Gasteiger partial charge in [-0.05, 0) is 44.6 Å². The second kappa shape index (κ2) is 6.70. The second-order valence-electron chi connectivity index (χ2n) is 6.63. The smallest absolute Gasteiger partial charge is 0.359 e. The molecule has 2 aliphatic rings. The van der Waals surface area contributed by atoms with Gasteiger partial charge in [0.2, 0.25) is 0 Å². The van der Waals surface area contributed by atoms with Crippen LogP contribution in [0, 0.1) is 0 Å². The van der Waals surface area contributed by atoms with Gasteiger partial charge in [0.15, 0.2) is 12.3 Å². The molecule has 25 heavy (non-hydrogen) atoms. The number of H-pyrrole nitrogens is 1. The molecule has 0 aliphatic heterocycles. The molecule has 130 valence electrons. The Hall–Kier alpha value is -2.63. The van der Waals surface area contributed by atoms with Gasteiger partial charge in [-0.25, -0.2) is 4.79 Å². The molecule has 1 fully saturated rings. The molecule has 0 bridgehead atoms. The predicted molar refractivity (Wildman–Crippen MR) is 92.8 cm³/mol. The van der Waals surface area contributed by atoms with Crippen molar-refractivity contribution in [2.24, 2.45) is 0 Å². The van der Waals surface area contributed by atoms with Gasteiger partial charge in [0.1, 0.15) is 0 Å². The Labute approximate surface area is 145 Å². The molecule has 1 heterocycles. The molecule has 1 saturated carbocycles. The third-order valence-corrected chi connectivity index (χ3v) is 4.75.